The summed E-state index contributed by atoms with van der Waals surface area (Å²) in [5.41, 5.74) is 2.53. The molecular formula is C15H18N2O3S. The van der Waals surface area contributed by atoms with E-state index in [1.165, 1.54) is 0 Å². The second-order valence-electron chi connectivity index (χ2n) is 4.88. The first-order valence-corrected chi connectivity index (χ1v) is 7.92. The molecule has 1 aromatic carbocycles. The number of hydrogen-bond donors (Lipinski definition) is 1. The van der Waals surface area contributed by atoms with Gasteiger partial charge in [0, 0.05) is 11.9 Å². The fraction of sp³-hybridized carbons (Fsp3) is 0.267. The van der Waals surface area contributed by atoms with Gasteiger partial charge in [0.25, 0.3) is 10.0 Å². The maximum absolute atomic E-state index is 12.6. The van der Waals surface area contributed by atoms with Crippen molar-refractivity contribution in [1.82, 2.24) is 4.98 Å². The molecule has 0 unspecified atom stereocenters. The van der Waals surface area contributed by atoms with Gasteiger partial charge in [0.1, 0.15) is 5.75 Å². The first kappa shape index (κ1) is 15.3. The maximum atomic E-state index is 12.6. The highest BCUT2D eigenvalue weighted by Gasteiger charge is 2.20. The second kappa shape index (κ2) is 5.73. The predicted molar refractivity (Wildman–Crippen MR) is 82.3 cm³/mol. The number of aryl methyl sites for hydroxylation is 3. The molecule has 0 bridgehead atoms. The molecule has 0 aliphatic carbocycles. The van der Waals surface area contributed by atoms with E-state index in [9.17, 15) is 8.42 Å². The van der Waals surface area contributed by atoms with Gasteiger partial charge in [-0.15, -0.1) is 0 Å². The van der Waals surface area contributed by atoms with E-state index in [-0.39, 0.29) is 4.90 Å². The van der Waals surface area contributed by atoms with Crippen molar-refractivity contribution < 1.29 is 13.2 Å². The molecule has 0 saturated carbocycles. The average molecular weight is 306 g/mol. The summed E-state index contributed by atoms with van der Waals surface area (Å²) in [5.74, 6) is 0.642. The van der Waals surface area contributed by atoms with Crippen LogP contribution in [-0.2, 0) is 10.0 Å². The molecule has 112 valence electrons. The number of ether oxygens (including phenoxy) is 1. The van der Waals surface area contributed by atoms with Crippen LogP contribution in [0.2, 0.25) is 0 Å². The molecular weight excluding hydrogens is 288 g/mol. The zero-order chi connectivity index (χ0) is 15.6. The lowest BCUT2D eigenvalue weighted by molar-refractivity contribution is 0.413. The third-order valence-electron chi connectivity index (χ3n) is 3.09. The van der Waals surface area contributed by atoms with Crippen molar-refractivity contribution in [1.29, 1.82) is 0 Å². The number of nitrogens with zero attached hydrogens (tertiary/aromatic N) is 1. The fourth-order valence-corrected chi connectivity index (χ4v) is 3.77. The molecule has 2 rings (SSSR count). The van der Waals surface area contributed by atoms with Crippen LogP contribution in [0.3, 0.4) is 0 Å². The first-order valence-electron chi connectivity index (χ1n) is 6.44. The fourth-order valence-electron chi connectivity index (χ4n) is 2.27. The molecule has 0 aliphatic rings. The normalized spacial score (nSPS) is 11.2. The van der Waals surface area contributed by atoms with E-state index < -0.39 is 10.0 Å². The van der Waals surface area contributed by atoms with E-state index in [1.54, 1.807) is 51.4 Å². The second-order valence-corrected chi connectivity index (χ2v) is 6.50. The summed E-state index contributed by atoms with van der Waals surface area (Å²) in [6.07, 6.45) is 1.57. The van der Waals surface area contributed by atoms with Crippen LogP contribution in [0.5, 0.6) is 5.75 Å². The number of nitrogens with one attached hydrogen (secondary N) is 1. The number of aromatic nitrogens is 1. The minimum Gasteiger partial charge on any atom is -0.497 e. The maximum Gasteiger partial charge on any atom is 0.262 e. The van der Waals surface area contributed by atoms with E-state index >= 15 is 0 Å². The molecule has 2 aromatic rings. The topological polar surface area (TPSA) is 68.3 Å². The Bertz CT molecular complexity index is 747. The van der Waals surface area contributed by atoms with Crippen LogP contribution in [-0.4, -0.2) is 20.5 Å². The molecule has 0 aliphatic heterocycles. The Balaban J connectivity index is 2.45. The number of rotatable bonds is 4. The summed E-state index contributed by atoms with van der Waals surface area (Å²) < 4.78 is 32.9. The lowest BCUT2D eigenvalue weighted by Crippen LogP contribution is -2.16. The summed E-state index contributed by atoms with van der Waals surface area (Å²) >= 11 is 0. The minimum absolute atomic E-state index is 0.276. The van der Waals surface area contributed by atoms with Gasteiger partial charge in [0.2, 0.25) is 0 Å². The summed E-state index contributed by atoms with van der Waals surface area (Å²) in [5, 5.41) is 0. The molecule has 5 nitrogen and oxygen atoms in total. The Labute approximate surface area is 125 Å². The standard InChI is InChI=1S/C15H18N2O3S/c1-10-7-14(20-4)8-11(2)15(10)21(18,19)17-13-5-6-16-12(3)9-13/h5-9H,1-4H3,(H,16,17). The molecule has 0 amide bonds. The van der Waals surface area contributed by atoms with Crippen molar-refractivity contribution in [2.24, 2.45) is 0 Å². The molecule has 1 heterocycles. The van der Waals surface area contributed by atoms with Gasteiger partial charge in [-0.25, -0.2) is 8.42 Å². The van der Waals surface area contributed by atoms with Gasteiger partial charge >= 0.3 is 0 Å². The SMILES string of the molecule is COc1cc(C)c(S(=O)(=O)Nc2ccnc(C)c2)c(C)c1. The largest absolute Gasteiger partial charge is 0.497 e. The molecule has 0 spiro atoms. The van der Waals surface area contributed by atoms with E-state index in [1.807, 2.05) is 6.92 Å². The van der Waals surface area contributed by atoms with Crippen LogP contribution in [0.25, 0.3) is 0 Å². The van der Waals surface area contributed by atoms with E-state index in [0.717, 1.165) is 5.69 Å². The Morgan fingerprint density at radius 2 is 1.71 bits per heavy atom. The third kappa shape index (κ3) is 3.33. The van der Waals surface area contributed by atoms with Crippen LogP contribution in [0, 0.1) is 20.8 Å². The Hall–Kier alpha value is -2.08. The van der Waals surface area contributed by atoms with E-state index in [0.29, 0.717) is 22.6 Å². The summed E-state index contributed by atoms with van der Waals surface area (Å²) in [4.78, 5) is 4.32. The minimum atomic E-state index is -3.65. The summed E-state index contributed by atoms with van der Waals surface area (Å²) in [6.45, 7) is 5.31. The van der Waals surface area contributed by atoms with Crippen molar-refractivity contribution in [3.05, 3.63) is 47.3 Å². The van der Waals surface area contributed by atoms with Crippen LogP contribution in [0.4, 0.5) is 5.69 Å². The van der Waals surface area contributed by atoms with Gasteiger partial charge < -0.3 is 4.74 Å². The highest BCUT2D eigenvalue weighted by atomic mass is 32.2. The van der Waals surface area contributed by atoms with Crippen molar-refractivity contribution in [2.75, 3.05) is 11.8 Å². The van der Waals surface area contributed by atoms with E-state index in [4.69, 9.17) is 4.74 Å². The van der Waals surface area contributed by atoms with Gasteiger partial charge in [0.05, 0.1) is 17.7 Å². The molecule has 0 saturated heterocycles. The molecule has 0 fully saturated rings. The molecule has 1 N–H and O–H groups in total. The van der Waals surface area contributed by atoms with Crippen LogP contribution < -0.4 is 9.46 Å². The number of hydrogen-bond acceptors (Lipinski definition) is 4. The monoisotopic (exact) mass is 306 g/mol. The number of pyridine rings is 1. The molecule has 21 heavy (non-hydrogen) atoms. The van der Waals surface area contributed by atoms with Gasteiger partial charge in [-0.3, -0.25) is 9.71 Å². The molecule has 1 aromatic heterocycles. The van der Waals surface area contributed by atoms with Crippen LogP contribution in [0.15, 0.2) is 35.4 Å². The van der Waals surface area contributed by atoms with Crippen molar-refractivity contribution >= 4 is 15.7 Å². The van der Waals surface area contributed by atoms with Gasteiger partial charge in [-0.05, 0) is 56.2 Å². The van der Waals surface area contributed by atoms with Crippen molar-refractivity contribution in [2.45, 2.75) is 25.7 Å². The average Bonchev–Trinajstić information content (AvgIpc) is 2.36. The number of methoxy groups -OCH3 is 1. The van der Waals surface area contributed by atoms with E-state index in [2.05, 4.69) is 9.71 Å². The number of benzene rings is 1. The lowest BCUT2D eigenvalue weighted by Gasteiger charge is -2.14. The van der Waals surface area contributed by atoms with Crippen LogP contribution >= 0.6 is 0 Å². The highest BCUT2D eigenvalue weighted by molar-refractivity contribution is 7.92. The number of sulfonamides is 1. The van der Waals surface area contributed by atoms with Gasteiger partial charge in [-0.1, -0.05) is 0 Å². The van der Waals surface area contributed by atoms with Gasteiger partial charge in [0.15, 0.2) is 0 Å². The highest BCUT2D eigenvalue weighted by Crippen LogP contribution is 2.27. The Morgan fingerprint density at radius 1 is 1.10 bits per heavy atom. The quantitative estimate of drug-likeness (QED) is 0.943. The third-order valence-corrected chi connectivity index (χ3v) is 4.77. The van der Waals surface area contributed by atoms with Crippen molar-refractivity contribution in [3.63, 3.8) is 0 Å². The molecule has 0 atom stereocenters. The zero-order valence-electron chi connectivity index (χ0n) is 12.5. The predicted octanol–water partition coefficient (Wildman–Crippen LogP) is 2.82. The Kier molecular flexibility index (Phi) is 4.18. The molecule has 6 heteroatoms. The Morgan fingerprint density at radius 3 is 2.24 bits per heavy atom. The van der Waals surface area contributed by atoms with Crippen LogP contribution in [0.1, 0.15) is 16.8 Å². The lowest BCUT2D eigenvalue weighted by atomic mass is 10.1. The smallest absolute Gasteiger partial charge is 0.262 e. The zero-order valence-corrected chi connectivity index (χ0v) is 13.3. The van der Waals surface area contributed by atoms with Crippen molar-refractivity contribution in [3.8, 4) is 5.75 Å². The van der Waals surface area contributed by atoms with Gasteiger partial charge in [-0.2, -0.15) is 0 Å². The first-order chi connectivity index (χ1) is 9.83. The number of anilines is 1. The molecule has 0 radical (unpaired) electrons. The summed E-state index contributed by atoms with van der Waals surface area (Å²) in [7, 11) is -2.09. The summed E-state index contributed by atoms with van der Waals surface area (Å²) in [6, 6.07) is 6.73.